The van der Waals surface area contributed by atoms with Gasteiger partial charge in [-0.15, -0.1) is 4.28 Å². The van der Waals surface area contributed by atoms with Crippen molar-refractivity contribution in [1.29, 1.82) is 0 Å². The lowest BCUT2D eigenvalue weighted by atomic mass is 10.0. The van der Waals surface area contributed by atoms with Gasteiger partial charge in [0.15, 0.2) is 0 Å². The molecule has 3 aliphatic heterocycles. The number of amides is 3. The van der Waals surface area contributed by atoms with Gasteiger partial charge in [-0.1, -0.05) is 0 Å². The van der Waals surface area contributed by atoms with E-state index in [1.807, 2.05) is 0 Å². The van der Waals surface area contributed by atoms with Gasteiger partial charge in [0.25, 0.3) is 16.1 Å². The highest BCUT2D eigenvalue weighted by Crippen LogP contribution is 2.30. The van der Waals surface area contributed by atoms with Gasteiger partial charge in [0, 0.05) is 13.1 Å². The van der Waals surface area contributed by atoms with E-state index in [0.717, 1.165) is 9.21 Å². The van der Waals surface area contributed by atoms with E-state index in [-0.39, 0.29) is 32.5 Å². The maximum atomic E-state index is 12.4. The first-order chi connectivity index (χ1) is 13.0. The van der Waals surface area contributed by atoms with Gasteiger partial charge in [-0.2, -0.15) is 26.2 Å². The molecule has 0 aliphatic carbocycles. The molecule has 2 bridgehead atoms. The molecule has 0 radical (unpaired) electrons. The SMILES string of the molecule is NS(=O)(=O)N1CCCC1CONC(=O)[C@@H]1CC[C@@H]2CN1C(=O)N2OS(=O)(=O)O. The van der Waals surface area contributed by atoms with Crippen LogP contribution < -0.4 is 10.6 Å². The number of nitrogens with one attached hydrogen (secondary N) is 1. The first kappa shape index (κ1) is 21.2. The Balaban J connectivity index is 1.54. The van der Waals surface area contributed by atoms with Crippen LogP contribution in [0.15, 0.2) is 0 Å². The van der Waals surface area contributed by atoms with E-state index in [0.29, 0.717) is 17.9 Å². The summed E-state index contributed by atoms with van der Waals surface area (Å²) < 4.78 is 58.8. The van der Waals surface area contributed by atoms with Crippen LogP contribution in [-0.2, 0) is 34.5 Å². The van der Waals surface area contributed by atoms with E-state index in [9.17, 15) is 26.4 Å². The molecule has 3 heterocycles. The van der Waals surface area contributed by atoms with Crippen LogP contribution in [0.3, 0.4) is 0 Å². The van der Waals surface area contributed by atoms with Crippen LogP contribution in [0, 0.1) is 0 Å². The molecule has 3 rings (SSSR count). The Morgan fingerprint density at radius 3 is 2.61 bits per heavy atom. The summed E-state index contributed by atoms with van der Waals surface area (Å²) in [6.45, 7) is 0.217. The quantitative estimate of drug-likeness (QED) is 0.287. The van der Waals surface area contributed by atoms with Gasteiger partial charge in [-0.25, -0.2) is 15.4 Å². The van der Waals surface area contributed by atoms with E-state index in [2.05, 4.69) is 9.76 Å². The molecule has 0 spiro atoms. The molecule has 14 nitrogen and oxygen atoms in total. The molecule has 0 aromatic carbocycles. The Kier molecular flexibility index (Phi) is 5.81. The zero-order chi connectivity index (χ0) is 20.7. The summed E-state index contributed by atoms with van der Waals surface area (Å²) in [5, 5.41) is 5.66. The Morgan fingerprint density at radius 2 is 1.96 bits per heavy atom. The minimum atomic E-state index is -4.87. The minimum absolute atomic E-state index is 0.0499. The minimum Gasteiger partial charge on any atom is -0.309 e. The molecule has 3 amide bonds. The second-order valence-electron chi connectivity index (χ2n) is 6.74. The average molecular weight is 443 g/mol. The third-order valence-electron chi connectivity index (χ3n) is 4.90. The number of hydrogen-bond donors (Lipinski definition) is 3. The number of rotatable bonds is 7. The molecular weight excluding hydrogens is 422 g/mol. The Bertz CT molecular complexity index is 848. The maximum Gasteiger partial charge on any atom is 0.418 e. The monoisotopic (exact) mass is 443 g/mol. The summed E-state index contributed by atoms with van der Waals surface area (Å²) in [7, 11) is -8.73. The molecule has 16 heteroatoms. The van der Waals surface area contributed by atoms with Crippen molar-refractivity contribution in [2.24, 2.45) is 5.14 Å². The topological polar surface area (TPSA) is 189 Å². The third-order valence-corrected chi connectivity index (χ3v) is 6.38. The molecule has 28 heavy (non-hydrogen) atoms. The fraction of sp³-hybridized carbons (Fsp3) is 0.833. The van der Waals surface area contributed by atoms with E-state index < -0.39 is 50.7 Å². The summed E-state index contributed by atoms with van der Waals surface area (Å²) in [5.41, 5.74) is 2.20. The number of fused-ring (bicyclic) bond motifs is 2. The van der Waals surface area contributed by atoms with Crippen LogP contribution >= 0.6 is 0 Å². The molecule has 0 aromatic heterocycles. The largest absolute Gasteiger partial charge is 0.418 e. The highest BCUT2D eigenvalue weighted by molar-refractivity contribution is 7.86. The van der Waals surface area contributed by atoms with Crippen LogP contribution in [0.25, 0.3) is 0 Å². The third kappa shape index (κ3) is 4.53. The smallest absolute Gasteiger partial charge is 0.309 e. The molecule has 0 saturated carbocycles. The Labute approximate surface area is 161 Å². The molecular formula is C12H21N5O9S2. The van der Waals surface area contributed by atoms with Gasteiger partial charge in [-0.3, -0.25) is 14.2 Å². The molecule has 4 N–H and O–H groups in total. The first-order valence-corrected chi connectivity index (χ1v) is 11.3. The van der Waals surface area contributed by atoms with Crippen LogP contribution in [0.1, 0.15) is 25.7 Å². The van der Waals surface area contributed by atoms with Crippen LogP contribution in [0.2, 0.25) is 0 Å². The van der Waals surface area contributed by atoms with Gasteiger partial charge < -0.3 is 4.90 Å². The number of hydrogen-bond acceptors (Lipinski definition) is 8. The fourth-order valence-corrected chi connectivity index (χ4v) is 5.05. The molecule has 3 saturated heterocycles. The van der Waals surface area contributed by atoms with Gasteiger partial charge in [0.1, 0.15) is 6.04 Å². The highest BCUT2D eigenvalue weighted by Gasteiger charge is 2.49. The van der Waals surface area contributed by atoms with Crippen LogP contribution in [0.4, 0.5) is 4.79 Å². The van der Waals surface area contributed by atoms with Crippen molar-refractivity contribution >= 4 is 32.5 Å². The van der Waals surface area contributed by atoms with Crippen molar-refractivity contribution < 1.29 is 40.1 Å². The number of carbonyl (C=O) groups excluding carboxylic acids is 2. The Hall–Kier alpha value is -1.56. The number of urea groups is 1. The Morgan fingerprint density at radius 1 is 1.25 bits per heavy atom. The molecule has 3 aliphatic rings. The predicted octanol–water partition coefficient (Wildman–Crippen LogP) is -2.29. The summed E-state index contributed by atoms with van der Waals surface area (Å²) in [5.74, 6) is -0.638. The zero-order valence-electron chi connectivity index (χ0n) is 14.6. The maximum absolute atomic E-state index is 12.4. The molecule has 1 unspecified atom stereocenters. The van der Waals surface area contributed by atoms with Crippen molar-refractivity contribution in [2.75, 3.05) is 19.7 Å². The predicted molar refractivity (Wildman–Crippen MR) is 90.3 cm³/mol. The lowest BCUT2D eigenvalue weighted by Gasteiger charge is -2.29. The summed E-state index contributed by atoms with van der Waals surface area (Å²) in [6.07, 6.45) is 1.65. The van der Waals surface area contributed by atoms with E-state index in [4.69, 9.17) is 14.5 Å². The number of nitrogens with two attached hydrogens (primary N) is 1. The molecule has 3 atom stereocenters. The molecule has 3 fully saturated rings. The number of nitrogens with zero attached hydrogens (tertiary/aromatic N) is 3. The van der Waals surface area contributed by atoms with Crippen LogP contribution in [-0.4, -0.2) is 85.4 Å². The van der Waals surface area contributed by atoms with Crippen molar-refractivity contribution in [3.8, 4) is 0 Å². The van der Waals surface area contributed by atoms with Crippen molar-refractivity contribution in [2.45, 2.75) is 43.8 Å². The molecule has 160 valence electrons. The summed E-state index contributed by atoms with van der Waals surface area (Å²) in [4.78, 5) is 30.9. The first-order valence-electron chi connectivity index (χ1n) is 8.45. The molecule has 0 aromatic rings. The van der Waals surface area contributed by atoms with Gasteiger partial charge in [-0.05, 0) is 25.7 Å². The van der Waals surface area contributed by atoms with E-state index in [1.54, 1.807) is 0 Å². The van der Waals surface area contributed by atoms with Crippen molar-refractivity contribution in [3.63, 3.8) is 0 Å². The standard InChI is InChI=1S/C12H21N5O9S2/c13-27(20,21)16-5-1-2-9(16)7-25-14-11(18)10-4-3-8-6-15(10)12(19)17(8)26-28(22,23)24/h8-10H,1-7H2,(H,14,18)(H2,13,20,21)(H,22,23,24)/t8-,9?,10+/m1/s1. The van der Waals surface area contributed by atoms with Gasteiger partial charge in [0.05, 0.1) is 18.7 Å². The normalized spacial score (nSPS) is 28.8. The second kappa shape index (κ2) is 7.69. The van der Waals surface area contributed by atoms with E-state index >= 15 is 0 Å². The number of piperidine rings is 1. The average Bonchev–Trinajstić information content (AvgIpc) is 3.13. The zero-order valence-corrected chi connectivity index (χ0v) is 16.3. The lowest BCUT2D eigenvalue weighted by molar-refractivity contribution is -0.139. The van der Waals surface area contributed by atoms with Gasteiger partial charge >= 0.3 is 16.4 Å². The fourth-order valence-electron chi connectivity index (χ4n) is 3.69. The van der Waals surface area contributed by atoms with Gasteiger partial charge in [0.2, 0.25) is 0 Å². The second-order valence-corrected chi connectivity index (χ2v) is 9.24. The van der Waals surface area contributed by atoms with Crippen molar-refractivity contribution in [3.05, 3.63) is 0 Å². The number of hydroxylamine groups is 3. The van der Waals surface area contributed by atoms with Crippen molar-refractivity contribution in [1.82, 2.24) is 19.7 Å². The highest BCUT2D eigenvalue weighted by atomic mass is 32.3. The lowest BCUT2D eigenvalue weighted by Crippen LogP contribution is -2.50. The van der Waals surface area contributed by atoms with E-state index in [1.165, 1.54) is 0 Å². The number of carbonyl (C=O) groups is 2. The van der Waals surface area contributed by atoms with Crippen LogP contribution in [0.5, 0.6) is 0 Å². The summed E-state index contributed by atoms with van der Waals surface area (Å²) >= 11 is 0. The summed E-state index contributed by atoms with van der Waals surface area (Å²) in [6, 6.07) is -2.90.